The van der Waals surface area contributed by atoms with Crippen LogP contribution in [-0.2, 0) is 0 Å². The molecule has 4 aromatic rings. The smallest absolute Gasteiger partial charge is 0.326 e. The molecule has 1 aliphatic carbocycles. The van der Waals surface area contributed by atoms with Gasteiger partial charge >= 0.3 is 5.69 Å². The molecular formula is C23H25N7O2S. The fourth-order valence-corrected chi connectivity index (χ4v) is 5.35. The second-order valence-electron chi connectivity index (χ2n) is 8.84. The van der Waals surface area contributed by atoms with Crippen LogP contribution >= 0.6 is 11.3 Å². The van der Waals surface area contributed by atoms with Crippen molar-refractivity contribution in [2.45, 2.75) is 44.7 Å². The van der Waals surface area contributed by atoms with E-state index in [4.69, 9.17) is 9.98 Å². The van der Waals surface area contributed by atoms with Crippen LogP contribution in [0.2, 0.25) is 0 Å². The Hall–Kier alpha value is -3.24. The molecule has 5 heterocycles. The third-order valence-corrected chi connectivity index (χ3v) is 7.50. The highest BCUT2D eigenvalue weighted by molar-refractivity contribution is 7.10. The highest BCUT2D eigenvalue weighted by Gasteiger charge is 2.22. The molecule has 4 aromatic heterocycles. The predicted octanol–water partition coefficient (Wildman–Crippen LogP) is 1.95. The van der Waals surface area contributed by atoms with Gasteiger partial charge in [-0.2, -0.15) is 9.61 Å². The number of aromatic amines is 2. The van der Waals surface area contributed by atoms with Crippen LogP contribution in [0.5, 0.6) is 5.88 Å². The molecule has 1 saturated heterocycles. The monoisotopic (exact) mass is 463 g/mol. The predicted molar refractivity (Wildman–Crippen MR) is 126 cm³/mol. The maximum atomic E-state index is 11.5. The van der Waals surface area contributed by atoms with E-state index in [0.717, 1.165) is 42.7 Å². The molecule has 170 valence electrons. The second kappa shape index (κ2) is 7.96. The summed E-state index contributed by atoms with van der Waals surface area (Å²) in [5.41, 5.74) is 3.14. The van der Waals surface area contributed by atoms with Gasteiger partial charge in [-0.25, -0.2) is 9.78 Å². The van der Waals surface area contributed by atoms with Crippen molar-refractivity contribution in [3.63, 3.8) is 0 Å². The molecule has 2 aliphatic rings. The molecule has 33 heavy (non-hydrogen) atoms. The molecule has 0 amide bonds. The molecular weight excluding hydrogens is 438 g/mol. The van der Waals surface area contributed by atoms with Gasteiger partial charge in [-0.15, -0.1) is 11.3 Å². The molecule has 0 spiro atoms. The van der Waals surface area contributed by atoms with Crippen molar-refractivity contribution in [2.75, 3.05) is 13.1 Å². The summed E-state index contributed by atoms with van der Waals surface area (Å²) in [6, 6.07) is 4.98. The molecule has 1 atom stereocenters. The standard InChI is InChI=1S/C23H25N7O2S/c1-13(29-6-2-3-7-29)19-9-15(12-33-19)17-10-20(25-16-4-5-16)30-21(26-17)14(11-24-30)8-18-22(31)28-23(32)27-18/h8-13,16,31H,2-7H2,1H3,(H2,27,28,32)/b14-8-,25-20?. The zero-order valence-electron chi connectivity index (χ0n) is 18.3. The lowest BCUT2D eigenvalue weighted by atomic mass is 10.1. The number of nitrogens with zero attached hydrogens (tertiary/aromatic N) is 5. The molecule has 3 N–H and O–H groups in total. The normalized spacial score (nSPS) is 19.2. The Morgan fingerprint density at radius 2 is 2.09 bits per heavy atom. The second-order valence-corrected chi connectivity index (χ2v) is 9.78. The molecule has 10 heteroatoms. The van der Waals surface area contributed by atoms with Gasteiger partial charge in [0.25, 0.3) is 0 Å². The van der Waals surface area contributed by atoms with Gasteiger partial charge in [0.15, 0.2) is 11.1 Å². The Labute approximate surface area is 193 Å². The van der Waals surface area contributed by atoms with E-state index >= 15 is 0 Å². The molecule has 1 aliphatic heterocycles. The van der Waals surface area contributed by atoms with Crippen LogP contribution in [-0.4, -0.2) is 53.7 Å². The van der Waals surface area contributed by atoms with E-state index < -0.39 is 5.69 Å². The summed E-state index contributed by atoms with van der Waals surface area (Å²) in [7, 11) is 0. The first-order valence-corrected chi connectivity index (χ1v) is 12.2. The van der Waals surface area contributed by atoms with Gasteiger partial charge < -0.3 is 10.1 Å². The lowest BCUT2D eigenvalue weighted by Crippen LogP contribution is -2.22. The number of H-pyrrole nitrogens is 2. The number of aromatic nitrogens is 5. The highest BCUT2D eigenvalue weighted by atomic mass is 32.1. The minimum absolute atomic E-state index is 0.211. The van der Waals surface area contributed by atoms with Crippen molar-refractivity contribution in [1.29, 1.82) is 0 Å². The first-order chi connectivity index (χ1) is 16.0. The maximum Gasteiger partial charge on any atom is 0.326 e. The SMILES string of the molecule is CC(c1cc(-c2cc(=NC3CC3)n3nc/c(=C/c4[nH]c(=O)[nH]c4O)c3n2)cs1)N1CCCC1. The number of nitrogens with one attached hydrogen (secondary N) is 2. The summed E-state index contributed by atoms with van der Waals surface area (Å²) in [6.07, 6.45) is 8.07. The molecule has 0 aromatic carbocycles. The van der Waals surface area contributed by atoms with E-state index in [2.05, 4.69) is 38.3 Å². The average Bonchev–Trinajstić information content (AvgIpc) is 3.25. The van der Waals surface area contributed by atoms with E-state index in [1.54, 1.807) is 28.1 Å². The summed E-state index contributed by atoms with van der Waals surface area (Å²) in [5.74, 6) is -0.211. The van der Waals surface area contributed by atoms with Crippen molar-refractivity contribution < 1.29 is 5.11 Å². The number of rotatable bonds is 5. The van der Waals surface area contributed by atoms with E-state index in [0.29, 0.717) is 28.6 Å². The van der Waals surface area contributed by atoms with Crippen LogP contribution in [0.4, 0.5) is 0 Å². The van der Waals surface area contributed by atoms with Gasteiger partial charge in [-0.05, 0) is 57.8 Å². The van der Waals surface area contributed by atoms with Crippen LogP contribution in [0.3, 0.4) is 0 Å². The first-order valence-electron chi connectivity index (χ1n) is 11.3. The lowest BCUT2D eigenvalue weighted by molar-refractivity contribution is 0.267. The van der Waals surface area contributed by atoms with Crippen LogP contribution < -0.4 is 16.4 Å². The topological polar surface area (TPSA) is 115 Å². The quantitative estimate of drug-likeness (QED) is 0.419. The highest BCUT2D eigenvalue weighted by Crippen LogP contribution is 2.32. The van der Waals surface area contributed by atoms with Crippen molar-refractivity contribution >= 4 is 23.1 Å². The van der Waals surface area contributed by atoms with Crippen LogP contribution in [0.15, 0.2) is 33.5 Å². The summed E-state index contributed by atoms with van der Waals surface area (Å²) < 4.78 is 1.73. The Morgan fingerprint density at radius 3 is 2.82 bits per heavy atom. The van der Waals surface area contributed by atoms with Crippen molar-refractivity contribution in [1.82, 2.24) is 29.5 Å². The van der Waals surface area contributed by atoms with Gasteiger partial charge in [0.05, 0.1) is 17.9 Å². The third kappa shape index (κ3) is 3.89. The minimum atomic E-state index is -0.466. The van der Waals surface area contributed by atoms with Crippen molar-refractivity contribution in [3.05, 3.63) is 55.5 Å². The van der Waals surface area contributed by atoms with Crippen LogP contribution in [0.1, 0.15) is 49.2 Å². The summed E-state index contributed by atoms with van der Waals surface area (Å²) in [6.45, 7) is 4.60. The first kappa shape index (κ1) is 20.4. The third-order valence-electron chi connectivity index (χ3n) is 6.39. The van der Waals surface area contributed by atoms with E-state index in [9.17, 15) is 9.90 Å². The van der Waals surface area contributed by atoms with Gasteiger partial charge in [-0.1, -0.05) is 0 Å². The summed E-state index contributed by atoms with van der Waals surface area (Å²) in [5, 5.41) is 17.3. The number of aromatic hydroxyl groups is 1. The molecule has 1 saturated carbocycles. The van der Waals surface area contributed by atoms with E-state index in [-0.39, 0.29) is 5.88 Å². The zero-order chi connectivity index (χ0) is 22.5. The summed E-state index contributed by atoms with van der Waals surface area (Å²) in [4.78, 5) is 30.1. The number of likely N-dealkylation sites (tertiary alicyclic amines) is 1. The Bertz CT molecular complexity index is 1500. The zero-order valence-corrected chi connectivity index (χ0v) is 19.1. The fourth-order valence-electron chi connectivity index (χ4n) is 4.36. The Morgan fingerprint density at radius 1 is 1.27 bits per heavy atom. The molecule has 9 nitrogen and oxygen atoms in total. The minimum Gasteiger partial charge on any atom is -0.493 e. The molecule has 0 bridgehead atoms. The Balaban J connectivity index is 1.47. The van der Waals surface area contributed by atoms with E-state index in [1.807, 2.05) is 6.07 Å². The van der Waals surface area contributed by atoms with Crippen LogP contribution in [0, 0.1) is 0 Å². The van der Waals surface area contributed by atoms with Gasteiger partial charge in [0, 0.05) is 33.1 Å². The van der Waals surface area contributed by atoms with Crippen LogP contribution in [0.25, 0.3) is 23.0 Å². The maximum absolute atomic E-state index is 11.5. The Kier molecular flexibility index (Phi) is 4.92. The van der Waals surface area contributed by atoms with Crippen molar-refractivity contribution in [2.24, 2.45) is 4.99 Å². The van der Waals surface area contributed by atoms with E-state index in [1.165, 1.54) is 17.7 Å². The molecule has 6 rings (SSSR count). The molecule has 0 radical (unpaired) electrons. The molecule has 1 unspecified atom stereocenters. The summed E-state index contributed by atoms with van der Waals surface area (Å²) >= 11 is 1.77. The number of fused-ring (bicyclic) bond motifs is 1. The lowest BCUT2D eigenvalue weighted by Gasteiger charge is -2.22. The largest absolute Gasteiger partial charge is 0.493 e. The number of imidazole rings is 1. The number of thiophene rings is 1. The number of hydrogen-bond donors (Lipinski definition) is 3. The molecule has 2 fully saturated rings. The van der Waals surface area contributed by atoms with Crippen molar-refractivity contribution in [3.8, 4) is 17.1 Å². The average molecular weight is 464 g/mol. The number of hydrogen-bond acceptors (Lipinski definition) is 7. The van der Waals surface area contributed by atoms with Gasteiger partial charge in [0.2, 0.25) is 5.88 Å². The van der Waals surface area contributed by atoms with Gasteiger partial charge in [-0.3, -0.25) is 14.9 Å². The fraction of sp³-hybridized carbons (Fsp3) is 0.391. The van der Waals surface area contributed by atoms with Gasteiger partial charge in [0.1, 0.15) is 5.69 Å².